The van der Waals surface area contributed by atoms with Crippen LogP contribution in [0.15, 0.2) is 24.8 Å². The number of hydrogen-bond donors (Lipinski definition) is 1. The highest BCUT2D eigenvalue weighted by atomic mass is 35.5. The van der Waals surface area contributed by atoms with E-state index in [9.17, 15) is 19.5 Å². The fraction of sp³-hybridized carbons (Fsp3) is 0.588. The van der Waals surface area contributed by atoms with E-state index >= 15 is 0 Å². The lowest BCUT2D eigenvalue weighted by atomic mass is 9.70. The monoisotopic (exact) mass is 374 g/mol. The summed E-state index contributed by atoms with van der Waals surface area (Å²) in [6.45, 7) is 4.43. The predicted molar refractivity (Wildman–Crippen MR) is 89.8 cm³/mol. The molecule has 8 heteroatoms. The predicted octanol–water partition coefficient (Wildman–Crippen LogP) is 1.37. The van der Waals surface area contributed by atoms with Crippen LogP contribution in [-0.4, -0.2) is 54.8 Å². The number of ether oxygens (including phenoxy) is 3. The molecule has 1 N–H and O–H groups in total. The summed E-state index contributed by atoms with van der Waals surface area (Å²) in [5.41, 5.74) is -1.10. The fourth-order valence-electron chi connectivity index (χ4n) is 2.37. The van der Waals surface area contributed by atoms with Crippen molar-refractivity contribution in [1.29, 1.82) is 0 Å². The van der Waals surface area contributed by atoms with Crippen LogP contribution in [0.1, 0.15) is 19.8 Å². The number of aliphatic hydroxyl groups excluding tert-OH is 1. The Morgan fingerprint density at radius 2 is 2.00 bits per heavy atom. The first kappa shape index (κ1) is 21.2. The van der Waals surface area contributed by atoms with Gasteiger partial charge in [-0.25, -0.2) is 4.79 Å². The highest BCUT2D eigenvalue weighted by molar-refractivity contribution is 6.18. The molecule has 0 aromatic carbocycles. The summed E-state index contributed by atoms with van der Waals surface area (Å²) in [6.07, 6.45) is 4.29. The molecule has 140 valence electrons. The van der Waals surface area contributed by atoms with Crippen molar-refractivity contribution in [3.05, 3.63) is 24.8 Å². The van der Waals surface area contributed by atoms with Crippen LogP contribution < -0.4 is 0 Å². The third kappa shape index (κ3) is 6.17. The minimum atomic E-state index is -1.10. The Balaban J connectivity index is 2.63. The van der Waals surface area contributed by atoms with Crippen LogP contribution in [0, 0.1) is 11.3 Å². The topological polar surface area (TPSA) is 99.1 Å². The zero-order valence-electron chi connectivity index (χ0n) is 14.1. The second kappa shape index (κ2) is 10.2. The Hall–Kier alpha value is -1.86. The van der Waals surface area contributed by atoms with Crippen molar-refractivity contribution < 1.29 is 33.7 Å². The van der Waals surface area contributed by atoms with E-state index in [1.54, 1.807) is 19.1 Å². The molecule has 0 aromatic rings. The van der Waals surface area contributed by atoms with Gasteiger partial charge in [-0.2, -0.15) is 0 Å². The summed E-state index contributed by atoms with van der Waals surface area (Å²) in [7, 11) is 0. The molecule has 0 saturated heterocycles. The number of esters is 3. The van der Waals surface area contributed by atoms with Crippen molar-refractivity contribution in [2.75, 3.05) is 25.7 Å². The van der Waals surface area contributed by atoms with E-state index in [0.717, 1.165) is 6.08 Å². The SMILES string of the molecule is C=CC(=O)OCCOC(=O)C1CC=CCC1(C)C(=O)OCC(O)CCl. The van der Waals surface area contributed by atoms with Gasteiger partial charge in [0.2, 0.25) is 0 Å². The van der Waals surface area contributed by atoms with Crippen molar-refractivity contribution in [2.24, 2.45) is 11.3 Å². The van der Waals surface area contributed by atoms with Gasteiger partial charge >= 0.3 is 17.9 Å². The molecule has 0 radical (unpaired) electrons. The summed E-state index contributed by atoms with van der Waals surface area (Å²) in [4.78, 5) is 35.7. The lowest BCUT2D eigenvalue weighted by Gasteiger charge is -2.35. The van der Waals surface area contributed by atoms with Gasteiger partial charge in [0.15, 0.2) is 0 Å². The van der Waals surface area contributed by atoms with Crippen LogP contribution in [0.3, 0.4) is 0 Å². The first-order valence-electron chi connectivity index (χ1n) is 7.87. The molecule has 0 saturated carbocycles. The number of carbonyl (C=O) groups is 3. The molecule has 0 heterocycles. The Morgan fingerprint density at radius 1 is 1.32 bits per heavy atom. The molecule has 3 atom stereocenters. The summed E-state index contributed by atoms with van der Waals surface area (Å²) in [5.74, 6) is -2.56. The van der Waals surface area contributed by atoms with Crippen LogP contribution in [-0.2, 0) is 28.6 Å². The average molecular weight is 375 g/mol. The van der Waals surface area contributed by atoms with E-state index in [2.05, 4.69) is 6.58 Å². The number of carbonyl (C=O) groups excluding carboxylic acids is 3. The van der Waals surface area contributed by atoms with Crippen molar-refractivity contribution in [2.45, 2.75) is 25.9 Å². The van der Waals surface area contributed by atoms with E-state index < -0.39 is 35.3 Å². The first-order chi connectivity index (χ1) is 11.8. The Morgan fingerprint density at radius 3 is 2.64 bits per heavy atom. The molecule has 25 heavy (non-hydrogen) atoms. The molecule has 0 bridgehead atoms. The van der Waals surface area contributed by atoms with Crippen molar-refractivity contribution in [3.8, 4) is 0 Å². The molecular weight excluding hydrogens is 352 g/mol. The summed E-state index contributed by atoms with van der Waals surface area (Å²) < 4.78 is 14.9. The minimum Gasteiger partial charge on any atom is -0.462 e. The van der Waals surface area contributed by atoms with Crippen LogP contribution in [0.4, 0.5) is 0 Å². The van der Waals surface area contributed by atoms with Gasteiger partial charge in [0, 0.05) is 6.08 Å². The van der Waals surface area contributed by atoms with Crippen LogP contribution >= 0.6 is 11.6 Å². The summed E-state index contributed by atoms with van der Waals surface area (Å²) >= 11 is 5.47. The summed E-state index contributed by atoms with van der Waals surface area (Å²) in [5, 5.41) is 9.41. The smallest absolute Gasteiger partial charge is 0.330 e. The largest absolute Gasteiger partial charge is 0.462 e. The highest BCUT2D eigenvalue weighted by Crippen LogP contribution is 2.40. The number of alkyl halides is 1. The van der Waals surface area contributed by atoms with E-state index in [1.807, 2.05) is 0 Å². The van der Waals surface area contributed by atoms with Crippen LogP contribution in [0.25, 0.3) is 0 Å². The molecule has 1 aliphatic carbocycles. The molecule has 1 aliphatic rings. The van der Waals surface area contributed by atoms with Gasteiger partial charge < -0.3 is 19.3 Å². The maximum absolute atomic E-state index is 12.4. The second-order valence-corrected chi connectivity index (χ2v) is 6.14. The molecule has 0 spiro atoms. The Labute approximate surface area is 151 Å². The quantitative estimate of drug-likeness (QED) is 0.162. The fourth-order valence-corrected chi connectivity index (χ4v) is 2.46. The summed E-state index contributed by atoms with van der Waals surface area (Å²) in [6, 6.07) is 0. The number of allylic oxidation sites excluding steroid dienone is 2. The first-order valence-corrected chi connectivity index (χ1v) is 8.40. The van der Waals surface area contributed by atoms with Crippen LogP contribution in [0.2, 0.25) is 0 Å². The Bertz CT molecular complexity index is 531. The highest BCUT2D eigenvalue weighted by Gasteiger charge is 2.47. The van der Waals surface area contributed by atoms with E-state index in [4.69, 9.17) is 25.8 Å². The number of hydrogen-bond acceptors (Lipinski definition) is 7. The van der Waals surface area contributed by atoms with Crippen molar-refractivity contribution >= 4 is 29.5 Å². The Kier molecular flexibility index (Phi) is 8.65. The van der Waals surface area contributed by atoms with Crippen LogP contribution in [0.5, 0.6) is 0 Å². The van der Waals surface area contributed by atoms with Gasteiger partial charge in [0.25, 0.3) is 0 Å². The lowest BCUT2D eigenvalue weighted by molar-refractivity contribution is -0.171. The van der Waals surface area contributed by atoms with E-state index in [1.165, 1.54) is 0 Å². The molecule has 0 aromatic heterocycles. The standard InChI is InChI=1S/C17H23ClO7/c1-3-14(20)23-8-9-24-15(21)13-6-4-5-7-17(13,2)16(22)25-11-12(19)10-18/h3-5,12-13,19H,1,6-11H2,2H3. The number of halogens is 1. The zero-order valence-corrected chi connectivity index (χ0v) is 14.9. The molecule has 0 amide bonds. The number of aliphatic hydroxyl groups is 1. The maximum atomic E-state index is 12.4. The molecular formula is C17H23ClO7. The minimum absolute atomic E-state index is 0.0567. The molecule has 0 fully saturated rings. The molecule has 1 rings (SSSR count). The average Bonchev–Trinajstić information content (AvgIpc) is 2.62. The lowest BCUT2D eigenvalue weighted by Crippen LogP contribution is -2.44. The molecule has 7 nitrogen and oxygen atoms in total. The van der Waals surface area contributed by atoms with Gasteiger partial charge in [-0.3, -0.25) is 9.59 Å². The normalized spacial score (nSPS) is 23.4. The van der Waals surface area contributed by atoms with Gasteiger partial charge in [-0.05, 0) is 19.8 Å². The van der Waals surface area contributed by atoms with Gasteiger partial charge in [-0.15, -0.1) is 11.6 Å². The van der Waals surface area contributed by atoms with Gasteiger partial charge in [0.1, 0.15) is 25.9 Å². The second-order valence-electron chi connectivity index (χ2n) is 5.83. The third-order valence-electron chi connectivity index (χ3n) is 3.92. The van der Waals surface area contributed by atoms with Crippen molar-refractivity contribution in [3.63, 3.8) is 0 Å². The molecule has 0 aliphatic heterocycles. The molecule has 3 unspecified atom stereocenters. The maximum Gasteiger partial charge on any atom is 0.330 e. The number of rotatable bonds is 9. The van der Waals surface area contributed by atoms with Gasteiger partial charge in [-0.1, -0.05) is 18.7 Å². The van der Waals surface area contributed by atoms with Crippen molar-refractivity contribution in [1.82, 2.24) is 0 Å². The van der Waals surface area contributed by atoms with E-state index in [0.29, 0.717) is 12.8 Å². The van der Waals surface area contributed by atoms with Gasteiger partial charge in [0.05, 0.1) is 17.2 Å². The third-order valence-corrected chi connectivity index (χ3v) is 4.28. The van der Waals surface area contributed by atoms with E-state index in [-0.39, 0.29) is 25.7 Å². The zero-order chi connectivity index (χ0) is 18.9.